The Morgan fingerprint density at radius 2 is 2.17 bits per heavy atom. The first kappa shape index (κ1) is 11.1. The maximum atomic E-state index is 5.76. The molecule has 0 aliphatic carbocycles. The van der Waals surface area contributed by atoms with Crippen molar-refractivity contribution in [3.8, 4) is 10.7 Å². The summed E-state index contributed by atoms with van der Waals surface area (Å²) in [6.07, 6.45) is 1.40. The van der Waals surface area contributed by atoms with E-state index < -0.39 is 0 Å². The fourth-order valence-corrected chi connectivity index (χ4v) is 2.60. The van der Waals surface area contributed by atoms with Crippen molar-refractivity contribution in [2.75, 3.05) is 5.73 Å². The molecule has 0 aromatic carbocycles. The standard InChI is InChI=1S/C10H11N7S/c1-4-7(18-5(2-11)15-4)10-16-6-8(12)13-3-14-9(6)17-10/h3H,2,11H2,1H3,(H3,12,13,14,16,17). The van der Waals surface area contributed by atoms with Crippen molar-refractivity contribution in [2.24, 2.45) is 5.73 Å². The summed E-state index contributed by atoms with van der Waals surface area (Å²) in [5.74, 6) is 1.09. The first-order valence-electron chi connectivity index (χ1n) is 5.32. The highest BCUT2D eigenvalue weighted by molar-refractivity contribution is 7.15. The van der Waals surface area contributed by atoms with E-state index in [9.17, 15) is 0 Å². The lowest BCUT2D eigenvalue weighted by Gasteiger charge is -1.91. The number of nitrogens with zero attached hydrogens (tertiary/aromatic N) is 4. The molecule has 0 aliphatic heterocycles. The molecule has 5 N–H and O–H groups in total. The lowest BCUT2D eigenvalue weighted by molar-refractivity contribution is 1.02. The van der Waals surface area contributed by atoms with Crippen LogP contribution in [0.25, 0.3) is 21.9 Å². The van der Waals surface area contributed by atoms with Crippen LogP contribution in [0.5, 0.6) is 0 Å². The number of aromatic nitrogens is 5. The Balaban J connectivity index is 2.19. The van der Waals surface area contributed by atoms with Gasteiger partial charge in [-0.25, -0.2) is 19.9 Å². The van der Waals surface area contributed by atoms with Gasteiger partial charge in [-0.2, -0.15) is 0 Å². The average Bonchev–Trinajstić information content (AvgIpc) is 2.93. The normalized spacial score (nSPS) is 11.2. The minimum atomic E-state index is 0.389. The van der Waals surface area contributed by atoms with Crippen LogP contribution >= 0.6 is 11.3 Å². The number of nitrogens with one attached hydrogen (secondary N) is 1. The topological polar surface area (TPSA) is 119 Å². The predicted molar refractivity (Wildman–Crippen MR) is 69.8 cm³/mol. The van der Waals surface area contributed by atoms with Crippen molar-refractivity contribution in [1.29, 1.82) is 0 Å². The second kappa shape index (κ2) is 4.00. The van der Waals surface area contributed by atoms with Gasteiger partial charge in [0.05, 0.1) is 10.6 Å². The number of aryl methyl sites for hydroxylation is 1. The van der Waals surface area contributed by atoms with Crippen LogP contribution in [-0.2, 0) is 6.54 Å². The maximum absolute atomic E-state index is 5.76. The molecular weight excluding hydrogens is 250 g/mol. The van der Waals surface area contributed by atoms with Crippen molar-refractivity contribution in [3.63, 3.8) is 0 Å². The second-order valence-electron chi connectivity index (χ2n) is 3.77. The zero-order valence-electron chi connectivity index (χ0n) is 9.64. The number of rotatable bonds is 2. The van der Waals surface area contributed by atoms with Gasteiger partial charge in [0, 0.05) is 6.54 Å². The molecule has 3 aromatic heterocycles. The molecule has 92 valence electrons. The number of nitrogens with two attached hydrogens (primary N) is 2. The highest BCUT2D eigenvalue weighted by atomic mass is 32.1. The van der Waals surface area contributed by atoms with Gasteiger partial charge in [-0.05, 0) is 6.92 Å². The van der Waals surface area contributed by atoms with E-state index in [1.165, 1.54) is 17.7 Å². The lowest BCUT2D eigenvalue weighted by Crippen LogP contribution is -1.94. The Labute approximate surface area is 106 Å². The molecular formula is C10H11N7S. The molecule has 0 spiro atoms. The third-order valence-corrected chi connectivity index (χ3v) is 3.73. The Kier molecular flexibility index (Phi) is 2.46. The summed E-state index contributed by atoms with van der Waals surface area (Å²) in [6, 6.07) is 0. The summed E-state index contributed by atoms with van der Waals surface area (Å²) in [5, 5.41) is 0.877. The van der Waals surface area contributed by atoms with Crippen LogP contribution in [0.15, 0.2) is 6.33 Å². The molecule has 0 saturated carbocycles. The fourth-order valence-electron chi connectivity index (χ4n) is 1.71. The van der Waals surface area contributed by atoms with Crippen LogP contribution < -0.4 is 11.5 Å². The molecule has 0 unspecified atom stereocenters. The third-order valence-electron chi connectivity index (χ3n) is 2.55. The molecule has 0 saturated heterocycles. The Morgan fingerprint density at radius 3 is 2.83 bits per heavy atom. The summed E-state index contributed by atoms with van der Waals surface area (Å²) >= 11 is 1.51. The molecule has 0 bridgehead atoms. The van der Waals surface area contributed by atoms with Crippen molar-refractivity contribution in [3.05, 3.63) is 17.0 Å². The summed E-state index contributed by atoms with van der Waals surface area (Å²) in [7, 11) is 0. The van der Waals surface area contributed by atoms with Crippen molar-refractivity contribution >= 4 is 28.3 Å². The Hall–Kier alpha value is -2.06. The number of nitrogen functional groups attached to an aromatic ring is 1. The summed E-state index contributed by atoms with van der Waals surface area (Å²) < 4.78 is 0. The van der Waals surface area contributed by atoms with E-state index in [1.54, 1.807) is 0 Å². The van der Waals surface area contributed by atoms with Crippen molar-refractivity contribution in [1.82, 2.24) is 24.9 Å². The highest BCUT2D eigenvalue weighted by Crippen LogP contribution is 2.29. The SMILES string of the molecule is Cc1nc(CN)sc1-c1nc2ncnc(N)c2[nH]1. The number of aromatic amines is 1. The molecule has 0 amide bonds. The van der Waals surface area contributed by atoms with Gasteiger partial charge in [0.1, 0.15) is 16.9 Å². The quantitative estimate of drug-likeness (QED) is 0.628. The van der Waals surface area contributed by atoms with Crippen LogP contribution in [0, 0.1) is 6.92 Å². The van der Waals surface area contributed by atoms with Crippen molar-refractivity contribution in [2.45, 2.75) is 13.5 Å². The summed E-state index contributed by atoms with van der Waals surface area (Å²) in [6.45, 7) is 2.35. The largest absolute Gasteiger partial charge is 0.382 e. The van der Waals surface area contributed by atoms with Gasteiger partial charge in [0.2, 0.25) is 0 Å². The molecule has 0 atom stereocenters. The molecule has 3 heterocycles. The minimum Gasteiger partial charge on any atom is -0.382 e. The number of fused-ring (bicyclic) bond motifs is 1. The number of imidazole rings is 1. The van der Waals surface area contributed by atoms with Gasteiger partial charge in [-0.1, -0.05) is 0 Å². The first-order chi connectivity index (χ1) is 8.69. The molecule has 0 aliphatic rings. The minimum absolute atomic E-state index is 0.389. The van der Waals surface area contributed by atoms with Gasteiger partial charge in [-0.15, -0.1) is 11.3 Å². The van der Waals surface area contributed by atoms with E-state index >= 15 is 0 Å². The van der Waals surface area contributed by atoms with Gasteiger partial charge in [0.25, 0.3) is 0 Å². The smallest absolute Gasteiger partial charge is 0.183 e. The van der Waals surface area contributed by atoms with Crippen molar-refractivity contribution < 1.29 is 0 Å². The van der Waals surface area contributed by atoms with Gasteiger partial charge >= 0.3 is 0 Å². The van der Waals surface area contributed by atoms with E-state index in [4.69, 9.17) is 11.5 Å². The fraction of sp³-hybridized carbons (Fsp3) is 0.200. The third kappa shape index (κ3) is 1.62. The number of anilines is 1. The van der Waals surface area contributed by atoms with E-state index in [2.05, 4.69) is 24.9 Å². The average molecular weight is 261 g/mol. The van der Waals surface area contributed by atoms with Crippen LogP contribution in [0.4, 0.5) is 5.82 Å². The van der Waals surface area contributed by atoms with E-state index in [0.29, 0.717) is 29.4 Å². The van der Waals surface area contributed by atoms with Gasteiger partial charge in [-0.3, -0.25) is 0 Å². The van der Waals surface area contributed by atoms with Crippen LogP contribution in [0.1, 0.15) is 10.7 Å². The zero-order chi connectivity index (χ0) is 12.7. The molecule has 18 heavy (non-hydrogen) atoms. The molecule has 0 fully saturated rings. The zero-order valence-corrected chi connectivity index (χ0v) is 10.5. The number of H-pyrrole nitrogens is 1. The Bertz CT molecular complexity index is 714. The molecule has 3 aromatic rings. The number of thiazole rings is 1. The molecule has 7 nitrogen and oxygen atoms in total. The summed E-state index contributed by atoms with van der Waals surface area (Å²) in [4.78, 5) is 20.8. The number of hydrogen-bond donors (Lipinski definition) is 3. The first-order valence-corrected chi connectivity index (χ1v) is 6.13. The monoisotopic (exact) mass is 261 g/mol. The van der Waals surface area contributed by atoms with E-state index in [-0.39, 0.29) is 0 Å². The van der Waals surface area contributed by atoms with Crippen LogP contribution in [-0.4, -0.2) is 24.9 Å². The van der Waals surface area contributed by atoms with Gasteiger partial charge in [0.15, 0.2) is 17.3 Å². The second-order valence-corrected chi connectivity index (χ2v) is 4.85. The van der Waals surface area contributed by atoms with E-state index in [0.717, 1.165) is 15.6 Å². The summed E-state index contributed by atoms with van der Waals surface area (Å²) in [5.41, 5.74) is 13.4. The highest BCUT2D eigenvalue weighted by Gasteiger charge is 2.14. The molecule has 3 rings (SSSR count). The van der Waals surface area contributed by atoms with Gasteiger partial charge < -0.3 is 16.5 Å². The van der Waals surface area contributed by atoms with Crippen LogP contribution in [0.3, 0.4) is 0 Å². The Morgan fingerprint density at radius 1 is 1.33 bits per heavy atom. The predicted octanol–water partition coefficient (Wildman–Crippen LogP) is 0.826. The van der Waals surface area contributed by atoms with E-state index in [1.807, 2.05) is 6.92 Å². The lowest BCUT2D eigenvalue weighted by atomic mass is 10.4. The maximum Gasteiger partial charge on any atom is 0.183 e. The van der Waals surface area contributed by atoms with Crippen LogP contribution in [0.2, 0.25) is 0 Å². The molecule has 8 heteroatoms. The molecule has 0 radical (unpaired) electrons. The number of hydrogen-bond acceptors (Lipinski definition) is 7.